The van der Waals surface area contributed by atoms with Crippen LogP contribution in [0.2, 0.25) is 0 Å². The molecule has 0 bridgehead atoms. The molecule has 0 amide bonds. The highest BCUT2D eigenvalue weighted by Crippen LogP contribution is 2.55. The van der Waals surface area contributed by atoms with E-state index in [1.54, 1.807) is 0 Å². The average molecular weight is 625 g/mol. The first-order valence-electron chi connectivity index (χ1n) is 17.2. The van der Waals surface area contributed by atoms with E-state index in [0.717, 1.165) is 128 Å². The molecule has 0 aromatic carbocycles. The Morgan fingerprint density at radius 1 is 0.585 bits per heavy atom. The number of hydrogen-bond donors (Lipinski definition) is 2. The lowest BCUT2D eigenvalue weighted by Crippen LogP contribution is -2.38. The van der Waals surface area contributed by atoms with E-state index in [4.69, 9.17) is 14.8 Å². The van der Waals surface area contributed by atoms with E-state index in [0.29, 0.717) is 19.4 Å². The summed E-state index contributed by atoms with van der Waals surface area (Å²) >= 11 is 0. The zero-order valence-corrected chi connectivity index (χ0v) is 29.7. The number of rotatable bonds is 30. The summed E-state index contributed by atoms with van der Waals surface area (Å²) in [7, 11) is -8.10. The zero-order chi connectivity index (χ0) is 31.1. The van der Waals surface area contributed by atoms with Crippen molar-refractivity contribution in [1.82, 2.24) is 4.49 Å². The Bertz CT molecular complexity index is 768. The van der Waals surface area contributed by atoms with Crippen LogP contribution in [0.4, 0.5) is 0 Å². The molecule has 0 aliphatic rings. The van der Waals surface area contributed by atoms with Crippen molar-refractivity contribution in [2.75, 3.05) is 12.3 Å². The fraction of sp³-hybridized carbons (Fsp3) is 1.00. The highest BCUT2D eigenvalue weighted by Gasteiger charge is 2.44. The lowest BCUT2D eigenvalue weighted by atomic mass is 9.92. The number of nitrogens with two attached hydrogens (primary N) is 1. The molecule has 0 aromatic heterocycles. The maximum absolute atomic E-state index is 14.7. The van der Waals surface area contributed by atoms with Gasteiger partial charge in [-0.05, 0) is 58.9 Å². The van der Waals surface area contributed by atoms with Gasteiger partial charge in [-0.3, -0.25) is 9.05 Å². The van der Waals surface area contributed by atoms with E-state index in [1.165, 1.54) is 0 Å². The topological polar surface area (TPSA) is 108 Å². The highest BCUT2D eigenvalue weighted by molar-refractivity contribution is 7.94. The van der Waals surface area contributed by atoms with Crippen LogP contribution < -0.4 is 10.2 Å². The van der Waals surface area contributed by atoms with Gasteiger partial charge in [0.05, 0.1) is 17.0 Å². The lowest BCUT2D eigenvalue weighted by molar-refractivity contribution is -0.00530. The van der Waals surface area contributed by atoms with E-state index in [1.807, 2.05) is 13.8 Å². The molecular formula is C32H69N2O5PS. The minimum atomic E-state index is -4.22. The fourth-order valence-electron chi connectivity index (χ4n) is 5.42. The van der Waals surface area contributed by atoms with Crippen LogP contribution in [-0.2, 0) is 23.6 Å². The van der Waals surface area contributed by atoms with Crippen molar-refractivity contribution in [3.05, 3.63) is 0 Å². The van der Waals surface area contributed by atoms with Crippen molar-refractivity contribution in [3.63, 3.8) is 0 Å². The van der Waals surface area contributed by atoms with Gasteiger partial charge in [0, 0.05) is 0 Å². The van der Waals surface area contributed by atoms with Crippen molar-refractivity contribution < 1.29 is 22.0 Å². The molecule has 248 valence electrons. The van der Waals surface area contributed by atoms with Gasteiger partial charge in [0.25, 0.3) is 0 Å². The Morgan fingerprint density at radius 3 is 1.29 bits per heavy atom. The molecule has 0 saturated heterocycles. The third-order valence-corrected chi connectivity index (χ3v) is 12.2. The van der Waals surface area contributed by atoms with Crippen LogP contribution in [0.25, 0.3) is 0 Å². The monoisotopic (exact) mass is 624 g/mol. The smallest absolute Gasteiger partial charge is 0.330 e. The van der Waals surface area contributed by atoms with Crippen LogP contribution in [0.1, 0.15) is 183 Å². The second-order valence-electron chi connectivity index (χ2n) is 12.7. The number of hydrogen-bond acceptors (Lipinski definition) is 6. The predicted molar refractivity (Wildman–Crippen MR) is 177 cm³/mol. The maximum atomic E-state index is 14.7. The molecule has 9 heteroatoms. The maximum Gasteiger partial charge on any atom is 0.420 e. The molecule has 3 N–H and O–H groups in total. The normalized spacial score (nSPS) is 15.6. The molecule has 0 aliphatic carbocycles. The van der Waals surface area contributed by atoms with Crippen molar-refractivity contribution in [2.45, 2.75) is 194 Å². The Balaban J connectivity index is 6.17. The summed E-state index contributed by atoms with van der Waals surface area (Å²) in [5, 5.41) is 0. The number of unbranched alkanes of at least 4 members (excludes halogenated alkanes) is 13. The van der Waals surface area contributed by atoms with Crippen LogP contribution in [0.3, 0.4) is 0 Å². The van der Waals surface area contributed by atoms with E-state index in [-0.39, 0.29) is 5.75 Å². The molecule has 7 nitrogen and oxygen atoms in total. The summed E-state index contributed by atoms with van der Waals surface area (Å²) in [6.45, 7) is 13.3. The minimum Gasteiger partial charge on any atom is -0.330 e. The molecule has 0 aliphatic heterocycles. The van der Waals surface area contributed by atoms with Gasteiger partial charge in [0.15, 0.2) is 0 Å². The molecule has 2 atom stereocenters. The van der Waals surface area contributed by atoms with Crippen LogP contribution in [0.5, 0.6) is 0 Å². The average Bonchev–Trinajstić information content (AvgIpc) is 2.89. The molecule has 0 fully saturated rings. The third kappa shape index (κ3) is 21.4. The molecule has 0 saturated carbocycles. The summed E-state index contributed by atoms with van der Waals surface area (Å²) < 4.78 is 56.7. The lowest BCUT2D eigenvalue weighted by Gasteiger charge is -2.38. The van der Waals surface area contributed by atoms with Gasteiger partial charge < -0.3 is 5.73 Å². The van der Waals surface area contributed by atoms with Crippen molar-refractivity contribution >= 4 is 17.8 Å². The van der Waals surface area contributed by atoms with Crippen LogP contribution in [0.15, 0.2) is 0 Å². The largest absolute Gasteiger partial charge is 0.420 e. The predicted octanol–water partition coefficient (Wildman–Crippen LogP) is 10.2. The van der Waals surface area contributed by atoms with E-state index in [2.05, 4.69) is 32.2 Å². The van der Waals surface area contributed by atoms with Crippen LogP contribution >= 0.6 is 7.75 Å². The van der Waals surface area contributed by atoms with Crippen molar-refractivity contribution in [1.29, 1.82) is 0 Å². The first kappa shape index (κ1) is 41.0. The minimum absolute atomic E-state index is 0.115. The van der Waals surface area contributed by atoms with E-state index < -0.39 is 29.0 Å². The molecule has 0 heterocycles. The SMILES string of the molecule is CCCCCCC(C)(CCCCC)OP(=O)(NS(=O)(=O)CCCCCN)OC(C)(CCCCCC)CCCCCC. The van der Waals surface area contributed by atoms with Gasteiger partial charge in [-0.2, -0.15) is 0 Å². The molecule has 0 spiro atoms. The molecule has 41 heavy (non-hydrogen) atoms. The quantitative estimate of drug-likeness (QED) is 0.0608. The molecule has 0 radical (unpaired) electrons. The summed E-state index contributed by atoms with van der Waals surface area (Å²) in [5.41, 5.74) is 4.13. The molecular weight excluding hydrogens is 555 g/mol. The van der Waals surface area contributed by atoms with Crippen LogP contribution in [0, 0.1) is 0 Å². The van der Waals surface area contributed by atoms with Gasteiger partial charge >= 0.3 is 7.75 Å². The zero-order valence-electron chi connectivity index (χ0n) is 27.9. The van der Waals surface area contributed by atoms with Crippen LogP contribution in [-0.4, -0.2) is 31.9 Å². The Kier molecular flexibility index (Phi) is 23.4. The third-order valence-electron chi connectivity index (χ3n) is 8.04. The molecule has 0 aromatic rings. The number of nitrogens with one attached hydrogen (secondary N) is 1. The fourth-order valence-corrected chi connectivity index (χ4v) is 9.60. The Morgan fingerprint density at radius 2 is 0.927 bits per heavy atom. The van der Waals surface area contributed by atoms with E-state index >= 15 is 0 Å². The van der Waals surface area contributed by atoms with Gasteiger partial charge in [0.2, 0.25) is 10.0 Å². The van der Waals surface area contributed by atoms with Crippen molar-refractivity contribution in [3.8, 4) is 0 Å². The summed E-state index contributed by atoms with van der Waals surface area (Å²) in [4.78, 5) is 0. The number of sulfonamides is 1. The summed E-state index contributed by atoms with van der Waals surface area (Å²) in [6, 6.07) is 0. The Hall–Kier alpha value is 0.0200. The Labute approximate surface area is 255 Å². The standard InChI is InChI=1S/C32H69N2O5PS/c1-7-11-15-20-26-31(5,25-19-14-10-4)38-40(35,34-41(36,37)30-24-18-23-29-33)39-32(6,27-21-16-12-8-2)28-22-17-13-9-3/h7-30,33H2,1-6H3,(H,34,35). The van der Waals surface area contributed by atoms with Gasteiger partial charge in [-0.25, -0.2) is 13.0 Å². The molecule has 0 rings (SSSR count). The van der Waals surface area contributed by atoms with Gasteiger partial charge in [-0.15, -0.1) is 4.49 Å². The second-order valence-corrected chi connectivity index (χ2v) is 16.5. The van der Waals surface area contributed by atoms with E-state index in [9.17, 15) is 13.0 Å². The summed E-state index contributed by atoms with van der Waals surface area (Å²) in [5.74, 6) is -0.115. The first-order valence-corrected chi connectivity index (χ1v) is 20.4. The highest BCUT2D eigenvalue weighted by atomic mass is 32.2. The molecule has 2 unspecified atom stereocenters. The van der Waals surface area contributed by atoms with Gasteiger partial charge in [0.1, 0.15) is 0 Å². The summed E-state index contributed by atoms with van der Waals surface area (Å²) in [6.07, 6.45) is 20.8. The van der Waals surface area contributed by atoms with Crippen molar-refractivity contribution in [2.24, 2.45) is 5.73 Å². The first-order chi connectivity index (χ1) is 19.4. The second kappa shape index (κ2) is 23.4. The van der Waals surface area contributed by atoms with Gasteiger partial charge in [-0.1, -0.05) is 130 Å².